The SMILES string of the molecule is COc1cccc(-c2cc(CCNS(=O)(=O)c3cccc(C)c3)no2)c1. The molecule has 1 aromatic heterocycles. The van der Waals surface area contributed by atoms with Crippen molar-refractivity contribution in [2.24, 2.45) is 0 Å². The molecule has 0 saturated carbocycles. The molecule has 0 atom stereocenters. The Morgan fingerprint density at radius 1 is 1.12 bits per heavy atom. The standard InChI is InChI=1S/C19H20N2O4S/c1-14-5-3-8-18(11-14)26(22,23)20-10-9-16-13-19(25-21-16)15-6-4-7-17(12-15)24-2/h3-8,11-13,20H,9-10H2,1-2H3. The minimum atomic E-state index is -3.53. The van der Waals surface area contributed by atoms with E-state index in [1.165, 1.54) is 0 Å². The number of hydrogen-bond acceptors (Lipinski definition) is 5. The number of sulfonamides is 1. The maximum Gasteiger partial charge on any atom is 0.240 e. The second kappa shape index (κ2) is 7.72. The Balaban J connectivity index is 1.63. The van der Waals surface area contributed by atoms with E-state index in [9.17, 15) is 8.42 Å². The van der Waals surface area contributed by atoms with Crippen LogP contribution >= 0.6 is 0 Å². The van der Waals surface area contributed by atoms with E-state index in [1.54, 1.807) is 31.4 Å². The first-order valence-corrected chi connectivity index (χ1v) is 9.62. The summed E-state index contributed by atoms with van der Waals surface area (Å²) in [6, 6.07) is 16.1. The molecule has 1 N–H and O–H groups in total. The van der Waals surface area contributed by atoms with E-state index in [0.717, 1.165) is 16.9 Å². The van der Waals surface area contributed by atoms with Gasteiger partial charge in [0.1, 0.15) is 5.75 Å². The van der Waals surface area contributed by atoms with Gasteiger partial charge in [-0.2, -0.15) is 0 Å². The Kier molecular flexibility index (Phi) is 5.39. The number of benzene rings is 2. The van der Waals surface area contributed by atoms with Crippen LogP contribution in [-0.2, 0) is 16.4 Å². The quantitative estimate of drug-likeness (QED) is 0.689. The van der Waals surface area contributed by atoms with Crippen LogP contribution in [0.3, 0.4) is 0 Å². The molecule has 7 heteroatoms. The van der Waals surface area contributed by atoms with E-state index in [1.807, 2.05) is 37.3 Å². The molecule has 1 heterocycles. The fourth-order valence-corrected chi connectivity index (χ4v) is 3.66. The van der Waals surface area contributed by atoms with Crippen LogP contribution in [0.25, 0.3) is 11.3 Å². The molecular weight excluding hydrogens is 352 g/mol. The number of nitrogens with one attached hydrogen (secondary N) is 1. The molecule has 0 aliphatic heterocycles. The minimum absolute atomic E-state index is 0.236. The number of aromatic nitrogens is 1. The average Bonchev–Trinajstić information content (AvgIpc) is 3.10. The molecule has 26 heavy (non-hydrogen) atoms. The molecule has 0 saturated heterocycles. The van der Waals surface area contributed by atoms with Gasteiger partial charge in [-0.15, -0.1) is 0 Å². The van der Waals surface area contributed by atoms with Crippen LogP contribution in [-0.4, -0.2) is 27.2 Å². The first kappa shape index (κ1) is 18.2. The summed E-state index contributed by atoms with van der Waals surface area (Å²) >= 11 is 0. The minimum Gasteiger partial charge on any atom is -0.497 e. The van der Waals surface area contributed by atoms with Gasteiger partial charge in [-0.3, -0.25) is 0 Å². The summed E-state index contributed by atoms with van der Waals surface area (Å²) in [7, 11) is -1.93. The van der Waals surface area contributed by atoms with Crippen LogP contribution in [0.4, 0.5) is 0 Å². The fourth-order valence-electron chi connectivity index (χ4n) is 2.52. The van der Waals surface area contributed by atoms with Gasteiger partial charge in [0.25, 0.3) is 0 Å². The summed E-state index contributed by atoms with van der Waals surface area (Å²) in [5.74, 6) is 1.34. The predicted molar refractivity (Wildman–Crippen MR) is 98.6 cm³/mol. The topological polar surface area (TPSA) is 81.4 Å². The van der Waals surface area contributed by atoms with E-state index in [0.29, 0.717) is 17.9 Å². The highest BCUT2D eigenvalue weighted by Gasteiger charge is 2.14. The first-order chi connectivity index (χ1) is 12.5. The van der Waals surface area contributed by atoms with Gasteiger partial charge in [0.05, 0.1) is 17.7 Å². The lowest BCUT2D eigenvalue weighted by atomic mass is 10.1. The van der Waals surface area contributed by atoms with E-state index < -0.39 is 10.0 Å². The lowest BCUT2D eigenvalue weighted by Crippen LogP contribution is -2.26. The third kappa shape index (κ3) is 4.30. The highest BCUT2D eigenvalue weighted by molar-refractivity contribution is 7.89. The number of ether oxygens (including phenoxy) is 1. The Labute approximate surface area is 152 Å². The third-order valence-corrected chi connectivity index (χ3v) is 5.34. The van der Waals surface area contributed by atoms with Crippen LogP contribution in [0, 0.1) is 6.92 Å². The van der Waals surface area contributed by atoms with E-state index in [4.69, 9.17) is 9.26 Å². The largest absolute Gasteiger partial charge is 0.497 e. The van der Waals surface area contributed by atoms with Crippen molar-refractivity contribution in [2.45, 2.75) is 18.2 Å². The van der Waals surface area contributed by atoms with Crippen LogP contribution < -0.4 is 9.46 Å². The van der Waals surface area contributed by atoms with Gasteiger partial charge < -0.3 is 9.26 Å². The smallest absolute Gasteiger partial charge is 0.240 e. The van der Waals surface area contributed by atoms with Crippen molar-refractivity contribution in [1.82, 2.24) is 9.88 Å². The van der Waals surface area contributed by atoms with Crippen molar-refractivity contribution in [1.29, 1.82) is 0 Å². The van der Waals surface area contributed by atoms with Crippen LogP contribution in [0.15, 0.2) is 64.0 Å². The van der Waals surface area contributed by atoms with Gasteiger partial charge in [0.15, 0.2) is 5.76 Å². The molecule has 2 aromatic carbocycles. The molecule has 3 rings (SSSR count). The van der Waals surface area contributed by atoms with E-state index >= 15 is 0 Å². The van der Waals surface area contributed by atoms with Crippen molar-refractivity contribution < 1.29 is 17.7 Å². The van der Waals surface area contributed by atoms with Gasteiger partial charge in [-0.25, -0.2) is 13.1 Å². The van der Waals surface area contributed by atoms with Gasteiger partial charge >= 0.3 is 0 Å². The van der Waals surface area contributed by atoms with Crippen LogP contribution in [0.5, 0.6) is 5.75 Å². The summed E-state index contributed by atoms with van der Waals surface area (Å²) < 4.78 is 37.7. The third-order valence-electron chi connectivity index (χ3n) is 3.89. The molecule has 0 aliphatic rings. The molecule has 6 nitrogen and oxygen atoms in total. The van der Waals surface area contributed by atoms with E-state index in [2.05, 4.69) is 9.88 Å². The lowest BCUT2D eigenvalue weighted by Gasteiger charge is -2.06. The Hall–Kier alpha value is -2.64. The molecular formula is C19H20N2O4S. The molecule has 0 aliphatic carbocycles. The van der Waals surface area contributed by atoms with Gasteiger partial charge in [-0.1, -0.05) is 29.4 Å². The second-order valence-electron chi connectivity index (χ2n) is 5.88. The van der Waals surface area contributed by atoms with Gasteiger partial charge in [-0.05, 0) is 36.8 Å². The molecule has 0 unspecified atom stereocenters. The van der Waals surface area contributed by atoms with Crippen LogP contribution in [0.1, 0.15) is 11.3 Å². The maximum absolute atomic E-state index is 12.3. The monoisotopic (exact) mass is 372 g/mol. The molecule has 0 amide bonds. The summed E-state index contributed by atoms with van der Waals surface area (Å²) in [6.07, 6.45) is 0.429. The predicted octanol–water partition coefficient (Wildman–Crippen LogP) is 3.18. The van der Waals surface area contributed by atoms with Crippen LogP contribution in [0.2, 0.25) is 0 Å². The summed E-state index contributed by atoms with van der Waals surface area (Å²) in [5.41, 5.74) is 2.42. The van der Waals surface area contributed by atoms with Gasteiger partial charge in [0, 0.05) is 24.6 Å². The second-order valence-corrected chi connectivity index (χ2v) is 7.65. The van der Waals surface area contributed by atoms with Crippen molar-refractivity contribution in [2.75, 3.05) is 13.7 Å². The average molecular weight is 372 g/mol. The highest BCUT2D eigenvalue weighted by atomic mass is 32.2. The molecule has 136 valence electrons. The zero-order valence-corrected chi connectivity index (χ0v) is 15.4. The van der Waals surface area contributed by atoms with Gasteiger partial charge in [0.2, 0.25) is 10.0 Å². The Bertz CT molecular complexity index is 996. The summed E-state index contributed by atoms with van der Waals surface area (Å²) in [4.78, 5) is 0.259. The van der Waals surface area contributed by atoms with Crippen molar-refractivity contribution in [3.8, 4) is 17.1 Å². The highest BCUT2D eigenvalue weighted by Crippen LogP contribution is 2.24. The molecule has 0 spiro atoms. The number of hydrogen-bond donors (Lipinski definition) is 1. The maximum atomic E-state index is 12.3. The zero-order valence-electron chi connectivity index (χ0n) is 14.6. The van der Waals surface area contributed by atoms with Crippen molar-refractivity contribution in [3.05, 3.63) is 65.9 Å². The molecule has 0 radical (unpaired) electrons. The zero-order chi connectivity index (χ0) is 18.6. The normalized spacial score (nSPS) is 11.5. The first-order valence-electron chi connectivity index (χ1n) is 8.14. The van der Waals surface area contributed by atoms with Crippen molar-refractivity contribution in [3.63, 3.8) is 0 Å². The molecule has 3 aromatic rings. The number of nitrogens with zero attached hydrogens (tertiary/aromatic N) is 1. The Morgan fingerprint density at radius 2 is 1.92 bits per heavy atom. The number of aryl methyl sites for hydroxylation is 1. The molecule has 0 bridgehead atoms. The fraction of sp³-hybridized carbons (Fsp3) is 0.211. The van der Waals surface area contributed by atoms with Crippen molar-refractivity contribution >= 4 is 10.0 Å². The summed E-state index contributed by atoms with van der Waals surface area (Å²) in [5, 5.41) is 4.00. The number of rotatable bonds is 7. The lowest BCUT2D eigenvalue weighted by molar-refractivity contribution is 0.412. The molecule has 0 fully saturated rings. The Morgan fingerprint density at radius 3 is 2.69 bits per heavy atom. The summed E-state index contributed by atoms with van der Waals surface area (Å²) in [6.45, 7) is 2.09. The number of methoxy groups -OCH3 is 1. The van der Waals surface area contributed by atoms with E-state index in [-0.39, 0.29) is 11.4 Å².